The van der Waals surface area contributed by atoms with Gasteiger partial charge in [-0.3, -0.25) is 9.59 Å². The first-order valence-corrected chi connectivity index (χ1v) is 8.36. The van der Waals surface area contributed by atoms with Gasteiger partial charge in [0.15, 0.2) is 0 Å². The van der Waals surface area contributed by atoms with E-state index in [1.54, 1.807) is 4.90 Å². The summed E-state index contributed by atoms with van der Waals surface area (Å²) in [7, 11) is 0. The highest BCUT2D eigenvalue weighted by Gasteiger charge is 2.28. The third-order valence-corrected chi connectivity index (χ3v) is 4.35. The second kappa shape index (κ2) is 8.09. The molecule has 1 unspecified atom stereocenters. The van der Waals surface area contributed by atoms with Crippen LogP contribution in [0.5, 0.6) is 0 Å². The van der Waals surface area contributed by atoms with Gasteiger partial charge in [0, 0.05) is 30.6 Å². The second-order valence-corrected chi connectivity index (χ2v) is 6.27. The minimum absolute atomic E-state index is 0.0217. The monoisotopic (exact) mass is 320 g/mol. The average Bonchev–Trinajstić information content (AvgIpc) is 2.55. The van der Waals surface area contributed by atoms with Gasteiger partial charge >= 0.3 is 0 Å². The molecule has 1 saturated heterocycles. The summed E-state index contributed by atoms with van der Waals surface area (Å²) in [6.45, 7) is 5.25. The third-order valence-electron chi connectivity index (χ3n) is 4.35. The molecule has 1 N–H and O–H groups in total. The Morgan fingerprint density at radius 3 is 2.43 bits per heavy atom. The number of rotatable bonds is 5. The minimum atomic E-state index is -0.349. The first-order chi connectivity index (χ1) is 11.0. The van der Waals surface area contributed by atoms with Crippen LogP contribution < -0.4 is 5.32 Å². The van der Waals surface area contributed by atoms with Crippen LogP contribution in [0.15, 0.2) is 24.3 Å². The van der Waals surface area contributed by atoms with E-state index < -0.39 is 0 Å². The predicted molar refractivity (Wildman–Crippen MR) is 87.5 cm³/mol. The zero-order valence-corrected chi connectivity index (χ0v) is 13.8. The smallest absolute Gasteiger partial charge is 0.253 e. The molecule has 0 spiro atoms. The van der Waals surface area contributed by atoms with E-state index >= 15 is 0 Å². The Bertz CT molecular complexity index is 536. The number of benzene rings is 1. The molecule has 1 aromatic rings. The summed E-state index contributed by atoms with van der Waals surface area (Å²) in [6, 6.07) is 5.79. The maximum atomic E-state index is 12.9. The lowest BCUT2D eigenvalue weighted by Crippen LogP contribution is -2.44. The Morgan fingerprint density at radius 1 is 1.26 bits per heavy atom. The lowest BCUT2D eigenvalue weighted by Gasteiger charge is -2.32. The van der Waals surface area contributed by atoms with Gasteiger partial charge in [0.05, 0.1) is 0 Å². The molecule has 5 heteroatoms. The second-order valence-electron chi connectivity index (χ2n) is 6.27. The Kier molecular flexibility index (Phi) is 6.13. The average molecular weight is 320 g/mol. The van der Waals surface area contributed by atoms with E-state index in [4.69, 9.17) is 0 Å². The summed E-state index contributed by atoms with van der Waals surface area (Å²) in [6.07, 6.45) is 3.38. The highest BCUT2D eigenvalue weighted by Crippen LogP contribution is 2.20. The molecule has 23 heavy (non-hydrogen) atoms. The number of hydrogen-bond acceptors (Lipinski definition) is 2. The third kappa shape index (κ3) is 4.78. The van der Waals surface area contributed by atoms with Crippen LogP contribution in [-0.4, -0.2) is 35.8 Å². The van der Waals surface area contributed by atoms with Crippen LogP contribution in [0.1, 0.15) is 49.9 Å². The van der Waals surface area contributed by atoms with Crippen molar-refractivity contribution in [3.8, 4) is 0 Å². The molecular formula is C18H25FN2O2. The first-order valence-electron chi connectivity index (χ1n) is 8.36. The van der Waals surface area contributed by atoms with Crippen LogP contribution in [0, 0.1) is 11.7 Å². The standard InChI is InChI=1S/C18H25FN2O2/c1-3-4-13(2)20-17(22)14-9-11-21(12-10-14)18(23)15-5-7-16(19)8-6-15/h5-8,13-14H,3-4,9-12H2,1-2H3,(H,20,22). The molecule has 1 atom stereocenters. The number of likely N-dealkylation sites (tertiary alicyclic amines) is 1. The molecule has 1 aromatic carbocycles. The summed E-state index contributed by atoms with van der Waals surface area (Å²) in [5, 5.41) is 3.05. The maximum Gasteiger partial charge on any atom is 0.253 e. The van der Waals surface area contributed by atoms with E-state index in [2.05, 4.69) is 12.2 Å². The predicted octanol–water partition coefficient (Wildman–Crippen LogP) is 2.98. The van der Waals surface area contributed by atoms with E-state index in [9.17, 15) is 14.0 Å². The first kappa shape index (κ1) is 17.4. The van der Waals surface area contributed by atoms with Crippen molar-refractivity contribution in [2.45, 2.75) is 45.6 Å². The van der Waals surface area contributed by atoms with Crippen molar-refractivity contribution in [3.63, 3.8) is 0 Å². The molecule has 2 rings (SSSR count). The molecular weight excluding hydrogens is 295 g/mol. The number of hydrogen-bond donors (Lipinski definition) is 1. The summed E-state index contributed by atoms with van der Waals surface area (Å²) in [5.74, 6) is -0.368. The van der Waals surface area contributed by atoms with Gasteiger partial charge in [0.1, 0.15) is 5.82 Å². The van der Waals surface area contributed by atoms with Crippen molar-refractivity contribution in [1.82, 2.24) is 10.2 Å². The van der Waals surface area contributed by atoms with Crippen molar-refractivity contribution in [1.29, 1.82) is 0 Å². The van der Waals surface area contributed by atoms with Crippen LogP contribution in [0.25, 0.3) is 0 Å². The van der Waals surface area contributed by atoms with Crippen molar-refractivity contribution in [2.24, 2.45) is 5.92 Å². The molecule has 0 radical (unpaired) electrons. The Labute approximate surface area is 137 Å². The Hall–Kier alpha value is -1.91. The summed E-state index contributed by atoms with van der Waals surface area (Å²) < 4.78 is 12.9. The van der Waals surface area contributed by atoms with Crippen molar-refractivity contribution in [3.05, 3.63) is 35.6 Å². The molecule has 0 saturated carbocycles. The molecule has 1 aliphatic heterocycles. The van der Waals surface area contributed by atoms with Crippen molar-refractivity contribution in [2.75, 3.05) is 13.1 Å². The fraction of sp³-hybridized carbons (Fsp3) is 0.556. The zero-order chi connectivity index (χ0) is 16.8. The van der Waals surface area contributed by atoms with Crippen LogP contribution in [0.3, 0.4) is 0 Å². The number of halogens is 1. The molecule has 1 heterocycles. The maximum absolute atomic E-state index is 12.9. The lowest BCUT2D eigenvalue weighted by molar-refractivity contribution is -0.126. The van der Waals surface area contributed by atoms with Gasteiger partial charge in [0.25, 0.3) is 5.91 Å². The van der Waals surface area contributed by atoms with E-state index in [-0.39, 0.29) is 29.6 Å². The zero-order valence-electron chi connectivity index (χ0n) is 13.8. The molecule has 1 aliphatic rings. The highest BCUT2D eigenvalue weighted by molar-refractivity contribution is 5.94. The number of amides is 2. The molecule has 126 valence electrons. The quantitative estimate of drug-likeness (QED) is 0.907. The number of nitrogens with zero attached hydrogens (tertiary/aromatic N) is 1. The largest absolute Gasteiger partial charge is 0.353 e. The van der Waals surface area contributed by atoms with Crippen LogP contribution in [-0.2, 0) is 4.79 Å². The van der Waals surface area contributed by atoms with Crippen LogP contribution in [0.2, 0.25) is 0 Å². The van der Waals surface area contributed by atoms with Crippen LogP contribution >= 0.6 is 0 Å². The number of carbonyl (C=O) groups is 2. The van der Waals surface area contributed by atoms with Gasteiger partial charge in [-0.25, -0.2) is 4.39 Å². The van der Waals surface area contributed by atoms with E-state index in [0.29, 0.717) is 31.5 Å². The fourth-order valence-corrected chi connectivity index (χ4v) is 2.99. The molecule has 4 nitrogen and oxygen atoms in total. The van der Waals surface area contributed by atoms with Gasteiger partial charge in [-0.05, 0) is 50.5 Å². The number of carbonyl (C=O) groups excluding carboxylic acids is 2. The van der Waals surface area contributed by atoms with Crippen LogP contribution in [0.4, 0.5) is 4.39 Å². The molecule has 2 amide bonds. The number of piperidine rings is 1. The Balaban J connectivity index is 1.84. The minimum Gasteiger partial charge on any atom is -0.353 e. The van der Waals surface area contributed by atoms with Gasteiger partial charge in [-0.2, -0.15) is 0 Å². The molecule has 0 aromatic heterocycles. The molecule has 1 fully saturated rings. The van der Waals surface area contributed by atoms with E-state index in [1.807, 2.05) is 6.92 Å². The normalized spacial score (nSPS) is 16.9. The van der Waals surface area contributed by atoms with E-state index in [1.165, 1.54) is 24.3 Å². The Morgan fingerprint density at radius 2 is 1.87 bits per heavy atom. The SMILES string of the molecule is CCCC(C)NC(=O)C1CCN(C(=O)c2ccc(F)cc2)CC1. The topological polar surface area (TPSA) is 49.4 Å². The van der Waals surface area contributed by atoms with Gasteiger partial charge in [-0.15, -0.1) is 0 Å². The lowest BCUT2D eigenvalue weighted by atomic mass is 9.95. The summed E-state index contributed by atoms with van der Waals surface area (Å²) in [5.41, 5.74) is 0.492. The van der Waals surface area contributed by atoms with Crippen molar-refractivity contribution < 1.29 is 14.0 Å². The van der Waals surface area contributed by atoms with Gasteiger partial charge in [-0.1, -0.05) is 13.3 Å². The molecule has 0 bridgehead atoms. The van der Waals surface area contributed by atoms with Gasteiger partial charge < -0.3 is 10.2 Å². The summed E-state index contributed by atoms with van der Waals surface area (Å²) in [4.78, 5) is 26.3. The molecule has 0 aliphatic carbocycles. The fourth-order valence-electron chi connectivity index (χ4n) is 2.99. The van der Waals surface area contributed by atoms with E-state index in [0.717, 1.165) is 12.8 Å². The summed E-state index contributed by atoms with van der Waals surface area (Å²) >= 11 is 0. The highest BCUT2D eigenvalue weighted by atomic mass is 19.1. The van der Waals surface area contributed by atoms with Crippen molar-refractivity contribution >= 4 is 11.8 Å². The van der Waals surface area contributed by atoms with Gasteiger partial charge in [0.2, 0.25) is 5.91 Å². The number of nitrogens with one attached hydrogen (secondary N) is 1.